The number of furan rings is 1. The van der Waals surface area contributed by atoms with Gasteiger partial charge in [-0.3, -0.25) is 15.1 Å². The number of pyridine rings is 1. The zero-order chi connectivity index (χ0) is 11.4. The molecule has 0 aliphatic heterocycles. The van der Waals surface area contributed by atoms with Gasteiger partial charge in [0.05, 0.1) is 6.07 Å². The Morgan fingerprint density at radius 2 is 1.94 bits per heavy atom. The van der Waals surface area contributed by atoms with E-state index in [1.165, 1.54) is 6.07 Å². The Kier molecular flexibility index (Phi) is 2.77. The molecule has 0 saturated carbocycles. The third kappa shape index (κ3) is 2.33. The fraction of sp³-hybridized carbons (Fsp3) is 0. The van der Waals surface area contributed by atoms with Crippen LogP contribution in [0.5, 0.6) is 0 Å². The van der Waals surface area contributed by atoms with E-state index in [4.69, 9.17) is 4.42 Å². The maximum atomic E-state index is 10.4. The van der Waals surface area contributed by atoms with Crippen molar-refractivity contribution in [3.8, 4) is 0 Å². The van der Waals surface area contributed by atoms with Crippen LogP contribution in [0, 0.1) is 10.1 Å². The average molecular weight is 216 g/mol. The molecule has 5 nitrogen and oxygen atoms in total. The lowest BCUT2D eigenvalue weighted by Gasteiger charge is -1.89. The number of rotatable bonds is 3. The maximum absolute atomic E-state index is 10.4. The van der Waals surface area contributed by atoms with Crippen LogP contribution in [-0.2, 0) is 0 Å². The highest BCUT2D eigenvalue weighted by atomic mass is 16.6. The zero-order valence-corrected chi connectivity index (χ0v) is 8.24. The van der Waals surface area contributed by atoms with Gasteiger partial charge in [-0.1, -0.05) is 6.08 Å². The molecular weight excluding hydrogens is 208 g/mol. The standard InChI is InChI=1S/C11H8N2O3/c14-13(15)11-4-3-10(16-11)2-1-9-5-7-12-8-6-9/h1-8H/b2-1+. The lowest BCUT2D eigenvalue weighted by Crippen LogP contribution is -1.82. The second kappa shape index (κ2) is 4.39. The first-order valence-corrected chi connectivity index (χ1v) is 4.58. The number of hydrogen-bond acceptors (Lipinski definition) is 4. The summed E-state index contributed by atoms with van der Waals surface area (Å²) in [6.07, 6.45) is 6.81. The molecule has 5 heteroatoms. The van der Waals surface area contributed by atoms with Gasteiger partial charge in [0, 0.05) is 12.4 Å². The van der Waals surface area contributed by atoms with Crippen LogP contribution in [0.3, 0.4) is 0 Å². The van der Waals surface area contributed by atoms with E-state index in [0.29, 0.717) is 5.76 Å². The van der Waals surface area contributed by atoms with Crippen LogP contribution >= 0.6 is 0 Å². The molecule has 0 bridgehead atoms. The van der Waals surface area contributed by atoms with Crippen molar-refractivity contribution >= 4 is 18.0 Å². The molecule has 80 valence electrons. The first kappa shape index (κ1) is 10.1. The first-order valence-electron chi connectivity index (χ1n) is 4.58. The van der Waals surface area contributed by atoms with Crippen molar-refractivity contribution in [2.75, 3.05) is 0 Å². The molecular formula is C11H8N2O3. The summed E-state index contributed by atoms with van der Waals surface area (Å²) in [5, 5.41) is 10.4. The van der Waals surface area contributed by atoms with E-state index in [2.05, 4.69) is 4.98 Å². The molecule has 0 amide bonds. The number of hydrogen-bond donors (Lipinski definition) is 0. The third-order valence-electron chi connectivity index (χ3n) is 1.94. The second-order valence-electron chi connectivity index (χ2n) is 3.05. The lowest BCUT2D eigenvalue weighted by molar-refractivity contribution is -0.402. The zero-order valence-electron chi connectivity index (χ0n) is 8.24. The van der Waals surface area contributed by atoms with E-state index in [1.54, 1.807) is 30.6 Å². The molecule has 0 atom stereocenters. The number of nitrogens with zero attached hydrogens (tertiary/aromatic N) is 2. The van der Waals surface area contributed by atoms with Crippen molar-refractivity contribution in [1.82, 2.24) is 4.98 Å². The summed E-state index contributed by atoms with van der Waals surface area (Å²) in [6, 6.07) is 6.53. The number of aromatic nitrogens is 1. The van der Waals surface area contributed by atoms with Gasteiger partial charge in [0.1, 0.15) is 10.7 Å². The summed E-state index contributed by atoms with van der Waals surface area (Å²) in [7, 11) is 0. The summed E-state index contributed by atoms with van der Waals surface area (Å²) in [6.45, 7) is 0. The van der Waals surface area contributed by atoms with Crippen molar-refractivity contribution in [2.45, 2.75) is 0 Å². The van der Waals surface area contributed by atoms with Crippen LogP contribution in [-0.4, -0.2) is 9.91 Å². The van der Waals surface area contributed by atoms with E-state index < -0.39 is 4.92 Å². The van der Waals surface area contributed by atoms with Gasteiger partial charge >= 0.3 is 5.88 Å². The molecule has 0 spiro atoms. The SMILES string of the molecule is O=[N+]([O-])c1ccc(/C=C/c2ccncc2)o1. The van der Waals surface area contributed by atoms with Gasteiger partial charge in [0.15, 0.2) is 0 Å². The monoisotopic (exact) mass is 216 g/mol. The number of nitro groups is 1. The summed E-state index contributed by atoms with van der Waals surface area (Å²) < 4.78 is 4.97. The van der Waals surface area contributed by atoms with Crippen LogP contribution in [0.1, 0.15) is 11.3 Å². The Balaban J connectivity index is 2.15. The Labute approximate surface area is 91.2 Å². The highest BCUT2D eigenvalue weighted by Crippen LogP contribution is 2.17. The minimum atomic E-state index is -0.566. The Bertz CT molecular complexity index is 517. The highest BCUT2D eigenvalue weighted by Gasteiger charge is 2.09. The van der Waals surface area contributed by atoms with Crippen LogP contribution in [0.2, 0.25) is 0 Å². The molecule has 2 heterocycles. The summed E-state index contributed by atoms with van der Waals surface area (Å²) in [4.78, 5) is 13.7. The van der Waals surface area contributed by atoms with Crippen molar-refractivity contribution < 1.29 is 9.34 Å². The Hall–Kier alpha value is -2.43. The van der Waals surface area contributed by atoms with Gasteiger partial charge in [0.25, 0.3) is 0 Å². The van der Waals surface area contributed by atoms with E-state index >= 15 is 0 Å². The van der Waals surface area contributed by atoms with E-state index in [0.717, 1.165) is 5.56 Å². The quantitative estimate of drug-likeness (QED) is 0.584. The van der Waals surface area contributed by atoms with Crippen LogP contribution < -0.4 is 0 Å². The average Bonchev–Trinajstić information content (AvgIpc) is 2.76. The fourth-order valence-electron chi connectivity index (χ4n) is 1.18. The van der Waals surface area contributed by atoms with Gasteiger partial charge < -0.3 is 4.42 Å². The smallest absolute Gasteiger partial charge is 0.401 e. The van der Waals surface area contributed by atoms with Gasteiger partial charge in [-0.15, -0.1) is 0 Å². The Morgan fingerprint density at radius 1 is 1.19 bits per heavy atom. The Morgan fingerprint density at radius 3 is 2.56 bits per heavy atom. The molecule has 0 fully saturated rings. The van der Waals surface area contributed by atoms with Gasteiger partial charge in [-0.25, -0.2) is 0 Å². The normalized spacial score (nSPS) is 10.8. The molecule has 2 aromatic heterocycles. The second-order valence-corrected chi connectivity index (χ2v) is 3.05. The predicted molar refractivity (Wildman–Crippen MR) is 58.5 cm³/mol. The molecule has 0 aliphatic carbocycles. The van der Waals surface area contributed by atoms with Crippen LogP contribution in [0.15, 0.2) is 41.1 Å². The largest absolute Gasteiger partial charge is 0.433 e. The molecule has 0 aliphatic rings. The molecule has 0 N–H and O–H groups in total. The third-order valence-corrected chi connectivity index (χ3v) is 1.94. The molecule has 0 unspecified atom stereocenters. The topological polar surface area (TPSA) is 69.2 Å². The summed E-state index contributed by atoms with van der Waals surface area (Å²) in [5.74, 6) is 0.192. The maximum Gasteiger partial charge on any atom is 0.433 e. The minimum Gasteiger partial charge on any atom is -0.401 e. The summed E-state index contributed by atoms with van der Waals surface area (Å²) in [5.41, 5.74) is 0.953. The van der Waals surface area contributed by atoms with E-state index in [-0.39, 0.29) is 5.88 Å². The van der Waals surface area contributed by atoms with Crippen LogP contribution in [0.4, 0.5) is 5.88 Å². The first-order chi connectivity index (χ1) is 7.75. The lowest BCUT2D eigenvalue weighted by atomic mass is 10.2. The van der Waals surface area contributed by atoms with Gasteiger partial charge in [0.2, 0.25) is 0 Å². The highest BCUT2D eigenvalue weighted by molar-refractivity contribution is 5.67. The van der Waals surface area contributed by atoms with Crippen molar-refractivity contribution in [3.63, 3.8) is 0 Å². The predicted octanol–water partition coefficient (Wildman–Crippen LogP) is 2.75. The van der Waals surface area contributed by atoms with E-state index in [1.807, 2.05) is 12.1 Å². The summed E-state index contributed by atoms with van der Waals surface area (Å²) >= 11 is 0. The molecule has 0 saturated heterocycles. The fourth-order valence-corrected chi connectivity index (χ4v) is 1.18. The van der Waals surface area contributed by atoms with Crippen molar-refractivity contribution in [1.29, 1.82) is 0 Å². The molecule has 2 aromatic rings. The van der Waals surface area contributed by atoms with Gasteiger partial charge in [-0.05, 0) is 29.8 Å². The molecule has 2 rings (SSSR count). The molecule has 0 radical (unpaired) electrons. The van der Waals surface area contributed by atoms with Crippen molar-refractivity contribution in [3.05, 3.63) is 58.1 Å². The molecule has 16 heavy (non-hydrogen) atoms. The molecule has 0 aromatic carbocycles. The minimum absolute atomic E-state index is 0.255. The van der Waals surface area contributed by atoms with E-state index in [9.17, 15) is 10.1 Å². The van der Waals surface area contributed by atoms with Crippen LogP contribution in [0.25, 0.3) is 12.2 Å². The van der Waals surface area contributed by atoms with Crippen molar-refractivity contribution in [2.24, 2.45) is 0 Å². The van der Waals surface area contributed by atoms with Gasteiger partial charge in [-0.2, -0.15) is 0 Å².